The Morgan fingerprint density at radius 1 is 1.37 bits per heavy atom. The summed E-state index contributed by atoms with van der Waals surface area (Å²) in [5.74, 6) is 0.908. The van der Waals surface area contributed by atoms with E-state index < -0.39 is 0 Å². The normalized spacial score (nSPS) is 10.6. The van der Waals surface area contributed by atoms with E-state index in [0.717, 1.165) is 18.8 Å². The van der Waals surface area contributed by atoms with Crippen LogP contribution in [0.15, 0.2) is 35.9 Å². The third kappa shape index (κ3) is 6.41. The minimum absolute atomic E-state index is 0.182. The quantitative estimate of drug-likeness (QED) is 0.732. The van der Waals surface area contributed by atoms with Crippen molar-refractivity contribution in [3.63, 3.8) is 0 Å². The maximum absolute atomic E-state index is 9.13. The van der Waals surface area contributed by atoms with E-state index in [1.54, 1.807) is 0 Å². The topological polar surface area (TPSA) is 32.7 Å². The summed E-state index contributed by atoms with van der Waals surface area (Å²) < 4.78 is 5.51. The molecule has 0 bridgehead atoms. The third-order valence-electron chi connectivity index (χ3n) is 2.79. The van der Waals surface area contributed by atoms with Crippen molar-refractivity contribution in [1.29, 1.82) is 0 Å². The molecule has 19 heavy (non-hydrogen) atoms. The molecule has 1 aromatic carbocycles. The summed E-state index contributed by atoms with van der Waals surface area (Å²) >= 11 is 0. The number of aliphatic hydroxyl groups is 1. The van der Waals surface area contributed by atoms with Crippen LogP contribution < -0.4 is 4.74 Å². The molecule has 3 heteroatoms. The Morgan fingerprint density at radius 2 is 2.16 bits per heavy atom. The SMILES string of the molecule is CCOc1cccc(CN(CC=C(C)C)CCO)c1. The molecule has 0 aliphatic heterocycles. The molecule has 0 fully saturated rings. The largest absolute Gasteiger partial charge is 0.494 e. The maximum Gasteiger partial charge on any atom is 0.119 e. The number of hydrogen-bond acceptors (Lipinski definition) is 3. The van der Waals surface area contributed by atoms with Crippen molar-refractivity contribution in [2.24, 2.45) is 0 Å². The molecule has 0 aromatic heterocycles. The predicted octanol–water partition coefficient (Wildman–Crippen LogP) is 2.85. The Morgan fingerprint density at radius 3 is 2.79 bits per heavy atom. The highest BCUT2D eigenvalue weighted by Crippen LogP contribution is 2.15. The van der Waals surface area contributed by atoms with Crippen molar-refractivity contribution < 1.29 is 9.84 Å². The summed E-state index contributed by atoms with van der Waals surface area (Å²) in [7, 11) is 0. The van der Waals surface area contributed by atoms with E-state index in [-0.39, 0.29) is 6.61 Å². The number of allylic oxidation sites excluding steroid dienone is 1. The Balaban J connectivity index is 2.66. The fourth-order valence-corrected chi connectivity index (χ4v) is 1.85. The number of nitrogens with zero attached hydrogens (tertiary/aromatic N) is 1. The molecule has 1 N–H and O–H groups in total. The first kappa shape index (κ1) is 15.7. The molecule has 0 radical (unpaired) electrons. The lowest BCUT2D eigenvalue weighted by molar-refractivity contribution is 0.203. The van der Waals surface area contributed by atoms with Crippen molar-refractivity contribution in [3.05, 3.63) is 41.5 Å². The van der Waals surface area contributed by atoms with Crippen LogP contribution in [0.4, 0.5) is 0 Å². The van der Waals surface area contributed by atoms with Crippen molar-refractivity contribution in [1.82, 2.24) is 4.90 Å². The second-order valence-electron chi connectivity index (χ2n) is 4.82. The average Bonchev–Trinajstić information content (AvgIpc) is 2.37. The van der Waals surface area contributed by atoms with Crippen molar-refractivity contribution >= 4 is 0 Å². The molecular formula is C16H25NO2. The number of aliphatic hydroxyl groups excluding tert-OH is 1. The molecule has 1 rings (SSSR count). The van der Waals surface area contributed by atoms with Gasteiger partial charge in [-0.15, -0.1) is 0 Å². The van der Waals surface area contributed by atoms with E-state index >= 15 is 0 Å². The van der Waals surface area contributed by atoms with Crippen molar-refractivity contribution in [2.75, 3.05) is 26.3 Å². The van der Waals surface area contributed by atoms with Gasteiger partial charge in [-0.3, -0.25) is 4.90 Å². The van der Waals surface area contributed by atoms with Crippen molar-refractivity contribution in [2.45, 2.75) is 27.3 Å². The van der Waals surface area contributed by atoms with Gasteiger partial charge in [0.25, 0.3) is 0 Å². The van der Waals surface area contributed by atoms with Crippen molar-refractivity contribution in [3.8, 4) is 5.75 Å². The van der Waals surface area contributed by atoms with E-state index in [4.69, 9.17) is 9.84 Å². The summed E-state index contributed by atoms with van der Waals surface area (Å²) in [4.78, 5) is 2.22. The van der Waals surface area contributed by atoms with Crippen LogP contribution in [-0.4, -0.2) is 36.3 Å². The molecule has 0 aliphatic rings. The molecular weight excluding hydrogens is 238 g/mol. The second-order valence-corrected chi connectivity index (χ2v) is 4.82. The van der Waals surface area contributed by atoms with Gasteiger partial charge in [0, 0.05) is 19.6 Å². The predicted molar refractivity (Wildman–Crippen MR) is 79.4 cm³/mol. The zero-order valence-electron chi connectivity index (χ0n) is 12.2. The van der Waals surface area contributed by atoms with Gasteiger partial charge in [0.2, 0.25) is 0 Å². The number of ether oxygens (including phenoxy) is 1. The van der Waals surface area contributed by atoms with Crippen LogP contribution in [0.3, 0.4) is 0 Å². The van der Waals surface area contributed by atoms with Crippen LogP contribution in [0.1, 0.15) is 26.3 Å². The Kier molecular flexibility index (Phi) is 7.23. The molecule has 0 atom stereocenters. The lowest BCUT2D eigenvalue weighted by Gasteiger charge is -2.20. The lowest BCUT2D eigenvalue weighted by Crippen LogP contribution is -2.26. The van der Waals surface area contributed by atoms with Gasteiger partial charge >= 0.3 is 0 Å². The zero-order chi connectivity index (χ0) is 14.1. The highest BCUT2D eigenvalue weighted by atomic mass is 16.5. The molecule has 0 spiro atoms. The molecule has 3 nitrogen and oxygen atoms in total. The fraction of sp³-hybridized carbons (Fsp3) is 0.500. The first-order chi connectivity index (χ1) is 9.15. The fourth-order valence-electron chi connectivity index (χ4n) is 1.85. The average molecular weight is 263 g/mol. The van der Waals surface area contributed by atoms with Gasteiger partial charge in [0.15, 0.2) is 0 Å². The summed E-state index contributed by atoms with van der Waals surface area (Å²) in [5, 5.41) is 9.13. The van der Waals surface area contributed by atoms with Gasteiger partial charge < -0.3 is 9.84 Å². The molecule has 0 unspecified atom stereocenters. The molecule has 1 aromatic rings. The third-order valence-corrected chi connectivity index (χ3v) is 2.79. The zero-order valence-corrected chi connectivity index (χ0v) is 12.2. The van der Waals surface area contributed by atoms with E-state index in [1.165, 1.54) is 11.1 Å². The first-order valence-electron chi connectivity index (χ1n) is 6.84. The van der Waals surface area contributed by atoms with Gasteiger partial charge in [-0.05, 0) is 38.5 Å². The number of benzene rings is 1. The van der Waals surface area contributed by atoms with Crippen LogP contribution in [0.25, 0.3) is 0 Å². The van der Waals surface area contributed by atoms with E-state index in [2.05, 4.69) is 37.0 Å². The molecule has 106 valence electrons. The lowest BCUT2D eigenvalue weighted by atomic mass is 10.2. The molecule has 0 saturated carbocycles. The van der Waals surface area contributed by atoms with Gasteiger partial charge in [-0.1, -0.05) is 23.8 Å². The summed E-state index contributed by atoms with van der Waals surface area (Å²) in [5.41, 5.74) is 2.51. The van der Waals surface area contributed by atoms with Crippen LogP contribution in [-0.2, 0) is 6.54 Å². The highest BCUT2D eigenvalue weighted by Gasteiger charge is 2.05. The molecule has 0 amide bonds. The molecule has 0 aliphatic carbocycles. The van der Waals surface area contributed by atoms with Gasteiger partial charge in [-0.2, -0.15) is 0 Å². The van der Waals surface area contributed by atoms with Gasteiger partial charge in [-0.25, -0.2) is 0 Å². The molecule has 0 saturated heterocycles. The Hall–Kier alpha value is -1.32. The molecule has 0 heterocycles. The minimum atomic E-state index is 0.182. The van der Waals surface area contributed by atoms with E-state index in [1.807, 2.05) is 19.1 Å². The van der Waals surface area contributed by atoms with Gasteiger partial charge in [0.1, 0.15) is 5.75 Å². The Bertz CT molecular complexity index is 397. The minimum Gasteiger partial charge on any atom is -0.494 e. The smallest absolute Gasteiger partial charge is 0.119 e. The van der Waals surface area contributed by atoms with E-state index in [0.29, 0.717) is 13.2 Å². The highest BCUT2D eigenvalue weighted by molar-refractivity contribution is 5.28. The number of hydrogen-bond donors (Lipinski definition) is 1. The monoisotopic (exact) mass is 263 g/mol. The van der Waals surface area contributed by atoms with Crippen LogP contribution in [0.2, 0.25) is 0 Å². The van der Waals surface area contributed by atoms with Crippen LogP contribution in [0, 0.1) is 0 Å². The van der Waals surface area contributed by atoms with Crippen LogP contribution >= 0.6 is 0 Å². The second kappa shape index (κ2) is 8.73. The van der Waals surface area contributed by atoms with Gasteiger partial charge in [0.05, 0.1) is 13.2 Å². The van der Waals surface area contributed by atoms with Crippen LogP contribution in [0.5, 0.6) is 5.75 Å². The van der Waals surface area contributed by atoms with E-state index in [9.17, 15) is 0 Å². The first-order valence-corrected chi connectivity index (χ1v) is 6.84. The summed E-state index contributed by atoms with van der Waals surface area (Å²) in [6, 6.07) is 8.14. The summed E-state index contributed by atoms with van der Waals surface area (Å²) in [6.45, 7) is 9.40. The standard InChI is InChI=1S/C16H25NO2/c1-4-19-16-7-5-6-15(12-16)13-17(10-11-18)9-8-14(2)3/h5-8,12,18H,4,9-11,13H2,1-3H3. The Labute approximate surface area is 116 Å². The number of rotatable bonds is 8. The summed E-state index contributed by atoms with van der Waals surface area (Å²) in [6.07, 6.45) is 2.18. The maximum atomic E-state index is 9.13.